The molecule has 0 aliphatic rings. The van der Waals surface area contributed by atoms with Crippen molar-refractivity contribution in [1.29, 1.82) is 0 Å². The minimum Gasteiger partial charge on any atom is -0.497 e. The highest BCUT2D eigenvalue weighted by atomic mass is 16.5. The van der Waals surface area contributed by atoms with E-state index in [9.17, 15) is 4.79 Å². The Labute approximate surface area is 157 Å². The Bertz CT molecular complexity index is 1080. The molecule has 5 nitrogen and oxygen atoms in total. The Kier molecular flexibility index (Phi) is 5.41. The van der Waals surface area contributed by atoms with E-state index in [1.54, 1.807) is 13.2 Å². The van der Waals surface area contributed by atoms with Crippen LogP contribution in [-0.4, -0.2) is 30.2 Å². The van der Waals surface area contributed by atoms with Gasteiger partial charge >= 0.3 is 5.97 Å². The Hall–Kier alpha value is -3.34. The molecule has 0 aliphatic carbocycles. The topological polar surface area (TPSA) is 64.2 Å². The van der Waals surface area contributed by atoms with E-state index in [0.717, 1.165) is 33.1 Å². The van der Waals surface area contributed by atoms with Crippen LogP contribution >= 0.6 is 0 Å². The number of aromatic nitrogens is 2. The number of hydrogen-bond donors (Lipinski definition) is 1. The molecule has 0 saturated heterocycles. The van der Waals surface area contributed by atoms with Crippen LogP contribution in [-0.2, 0) is 4.74 Å². The summed E-state index contributed by atoms with van der Waals surface area (Å²) in [6, 6.07) is 17.3. The molecule has 2 aromatic carbocycles. The SMILES string of the molecule is CC.COC(=O)c1cc2c([nH]c3ccccc32)c(-c2ccc(OC)cc2)n1. The molecule has 0 amide bonds. The zero-order chi connectivity index (χ0) is 19.4. The predicted octanol–water partition coefficient (Wildman–Crippen LogP) is 5.20. The van der Waals surface area contributed by atoms with Gasteiger partial charge in [0.1, 0.15) is 11.4 Å². The maximum Gasteiger partial charge on any atom is 0.356 e. The second kappa shape index (κ2) is 7.91. The van der Waals surface area contributed by atoms with Gasteiger partial charge in [0, 0.05) is 21.9 Å². The van der Waals surface area contributed by atoms with Crippen molar-refractivity contribution in [2.75, 3.05) is 14.2 Å². The van der Waals surface area contributed by atoms with Crippen molar-refractivity contribution >= 4 is 27.8 Å². The predicted molar refractivity (Wildman–Crippen MR) is 108 cm³/mol. The second-order valence-corrected chi connectivity index (χ2v) is 5.67. The summed E-state index contributed by atoms with van der Waals surface area (Å²) in [5, 5.41) is 1.98. The molecular formula is C22H22N2O3. The van der Waals surface area contributed by atoms with E-state index in [4.69, 9.17) is 9.47 Å². The van der Waals surface area contributed by atoms with Crippen molar-refractivity contribution in [1.82, 2.24) is 9.97 Å². The molecule has 4 rings (SSSR count). The summed E-state index contributed by atoms with van der Waals surface area (Å²) >= 11 is 0. The Balaban J connectivity index is 0.00000102. The number of nitrogens with zero attached hydrogens (tertiary/aromatic N) is 1. The number of carbonyl (C=O) groups excluding carboxylic acids is 1. The number of rotatable bonds is 3. The van der Waals surface area contributed by atoms with Crippen LogP contribution in [0.3, 0.4) is 0 Å². The standard InChI is InChI=1S/C20H16N2O3.C2H6/c1-24-13-9-7-12(8-10-13)18-19-15(11-17(22-18)20(23)25-2)14-5-3-4-6-16(14)21-19;1-2/h3-11,21H,1-2H3;1-2H3. The van der Waals surface area contributed by atoms with Crippen LogP contribution in [0.25, 0.3) is 33.1 Å². The highest BCUT2D eigenvalue weighted by Gasteiger charge is 2.17. The Morgan fingerprint density at radius 1 is 0.963 bits per heavy atom. The van der Waals surface area contributed by atoms with Gasteiger partial charge in [-0.05, 0) is 36.4 Å². The number of methoxy groups -OCH3 is 2. The van der Waals surface area contributed by atoms with Crippen LogP contribution in [0.15, 0.2) is 54.6 Å². The highest BCUT2D eigenvalue weighted by molar-refractivity contribution is 6.12. The van der Waals surface area contributed by atoms with Gasteiger partial charge in [0.2, 0.25) is 0 Å². The van der Waals surface area contributed by atoms with Crippen LogP contribution in [0, 0.1) is 0 Å². The first-order chi connectivity index (χ1) is 13.2. The van der Waals surface area contributed by atoms with E-state index in [1.165, 1.54) is 7.11 Å². The van der Waals surface area contributed by atoms with Crippen LogP contribution in [0.2, 0.25) is 0 Å². The quantitative estimate of drug-likeness (QED) is 0.509. The molecule has 0 unspecified atom stereocenters. The average Bonchev–Trinajstić information content (AvgIpc) is 3.12. The van der Waals surface area contributed by atoms with Crippen LogP contribution in [0.1, 0.15) is 24.3 Å². The molecule has 0 bridgehead atoms. The number of H-pyrrole nitrogens is 1. The fraction of sp³-hybridized carbons (Fsp3) is 0.182. The molecular weight excluding hydrogens is 340 g/mol. The third-order valence-electron chi connectivity index (χ3n) is 4.25. The number of hydrogen-bond acceptors (Lipinski definition) is 4. The number of nitrogens with one attached hydrogen (secondary N) is 1. The van der Waals surface area contributed by atoms with E-state index in [2.05, 4.69) is 9.97 Å². The van der Waals surface area contributed by atoms with E-state index in [-0.39, 0.29) is 5.69 Å². The lowest BCUT2D eigenvalue weighted by Crippen LogP contribution is -2.05. The molecule has 27 heavy (non-hydrogen) atoms. The minimum atomic E-state index is -0.457. The second-order valence-electron chi connectivity index (χ2n) is 5.67. The first-order valence-corrected chi connectivity index (χ1v) is 8.85. The molecule has 138 valence electrons. The van der Waals surface area contributed by atoms with Gasteiger partial charge in [0.25, 0.3) is 0 Å². The summed E-state index contributed by atoms with van der Waals surface area (Å²) in [6.45, 7) is 4.00. The summed E-state index contributed by atoms with van der Waals surface area (Å²) in [5.41, 5.74) is 3.76. The summed E-state index contributed by atoms with van der Waals surface area (Å²) in [6.07, 6.45) is 0. The highest BCUT2D eigenvalue weighted by Crippen LogP contribution is 2.33. The van der Waals surface area contributed by atoms with E-state index in [1.807, 2.05) is 62.4 Å². The number of ether oxygens (including phenoxy) is 2. The molecule has 2 aromatic heterocycles. The largest absolute Gasteiger partial charge is 0.497 e. The van der Waals surface area contributed by atoms with Crippen LogP contribution in [0.4, 0.5) is 0 Å². The van der Waals surface area contributed by atoms with Gasteiger partial charge in [0.05, 0.1) is 25.4 Å². The summed E-state index contributed by atoms with van der Waals surface area (Å²) in [4.78, 5) is 20.0. The third kappa shape index (κ3) is 3.36. The monoisotopic (exact) mass is 362 g/mol. The number of carbonyl (C=O) groups is 1. The number of aromatic amines is 1. The molecule has 0 atom stereocenters. The average molecular weight is 362 g/mol. The van der Waals surface area contributed by atoms with E-state index < -0.39 is 5.97 Å². The zero-order valence-electron chi connectivity index (χ0n) is 15.9. The zero-order valence-corrected chi connectivity index (χ0v) is 15.9. The third-order valence-corrected chi connectivity index (χ3v) is 4.25. The molecule has 2 heterocycles. The molecule has 4 aromatic rings. The smallest absolute Gasteiger partial charge is 0.356 e. The number of para-hydroxylation sites is 1. The first kappa shape index (κ1) is 18.5. The van der Waals surface area contributed by atoms with Gasteiger partial charge in [-0.2, -0.15) is 0 Å². The molecule has 0 aliphatic heterocycles. The van der Waals surface area contributed by atoms with Gasteiger partial charge in [-0.3, -0.25) is 0 Å². The summed E-state index contributed by atoms with van der Waals surface area (Å²) in [7, 11) is 2.98. The summed E-state index contributed by atoms with van der Waals surface area (Å²) in [5.74, 6) is 0.308. The number of esters is 1. The first-order valence-electron chi connectivity index (χ1n) is 8.85. The maximum absolute atomic E-state index is 12.1. The van der Waals surface area contributed by atoms with Crippen molar-refractivity contribution in [2.24, 2.45) is 0 Å². The van der Waals surface area contributed by atoms with Crippen molar-refractivity contribution in [2.45, 2.75) is 13.8 Å². The molecule has 5 heteroatoms. The number of fused-ring (bicyclic) bond motifs is 3. The number of benzene rings is 2. The van der Waals surface area contributed by atoms with E-state index in [0.29, 0.717) is 5.69 Å². The van der Waals surface area contributed by atoms with Crippen molar-refractivity contribution in [3.8, 4) is 17.0 Å². The molecule has 1 N–H and O–H groups in total. The van der Waals surface area contributed by atoms with Crippen LogP contribution in [0.5, 0.6) is 5.75 Å². The fourth-order valence-electron chi connectivity index (χ4n) is 3.01. The van der Waals surface area contributed by atoms with Crippen molar-refractivity contribution in [3.63, 3.8) is 0 Å². The van der Waals surface area contributed by atoms with E-state index >= 15 is 0 Å². The van der Waals surface area contributed by atoms with Gasteiger partial charge in [-0.25, -0.2) is 9.78 Å². The Morgan fingerprint density at radius 2 is 1.67 bits per heavy atom. The van der Waals surface area contributed by atoms with Crippen molar-refractivity contribution in [3.05, 3.63) is 60.3 Å². The van der Waals surface area contributed by atoms with Gasteiger partial charge in [-0.1, -0.05) is 32.0 Å². The number of pyridine rings is 1. The maximum atomic E-state index is 12.1. The Morgan fingerprint density at radius 3 is 2.33 bits per heavy atom. The normalized spacial score (nSPS) is 10.4. The van der Waals surface area contributed by atoms with Crippen LogP contribution < -0.4 is 4.74 Å². The molecule has 0 spiro atoms. The minimum absolute atomic E-state index is 0.283. The molecule has 0 saturated carbocycles. The molecule has 0 fully saturated rings. The van der Waals surface area contributed by atoms with Gasteiger partial charge in [0.15, 0.2) is 0 Å². The van der Waals surface area contributed by atoms with Gasteiger partial charge < -0.3 is 14.5 Å². The lowest BCUT2D eigenvalue weighted by molar-refractivity contribution is 0.0594. The lowest BCUT2D eigenvalue weighted by atomic mass is 10.1. The summed E-state index contributed by atoms with van der Waals surface area (Å²) < 4.78 is 10.1. The van der Waals surface area contributed by atoms with Gasteiger partial charge in [-0.15, -0.1) is 0 Å². The van der Waals surface area contributed by atoms with Crippen molar-refractivity contribution < 1.29 is 14.3 Å². The fourth-order valence-corrected chi connectivity index (χ4v) is 3.01. The molecule has 0 radical (unpaired) electrons. The lowest BCUT2D eigenvalue weighted by Gasteiger charge is -2.07.